The Labute approximate surface area is 65.6 Å². The van der Waals surface area contributed by atoms with Crippen LogP contribution in [-0.4, -0.2) is 5.71 Å². The van der Waals surface area contributed by atoms with Crippen LogP contribution in [0.5, 0.6) is 0 Å². The van der Waals surface area contributed by atoms with Gasteiger partial charge in [-0.15, -0.1) is 0 Å². The van der Waals surface area contributed by atoms with Crippen molar-refractivity contribution in [1.82, 2.24) is 0 Å². The van der Waals surface area contributed by atoms with Crippen molar-refractivity contribution in [2.45, 2.75) is 6.92 Å². The van der Waals surface area contributed by atoms with Crippen LogP contribution in [0.1, 0.15) is 18.1 Å². The van der Waals surface area contributed by atoms with E-state index in [0.29, 0.717) is 5.56 Å². The van der Waals surface area contributed by atoms with E-state index in [-0.39, 0.29) is 0 Å². The van der Waals surface area contributed by atoms with E-state index < -0.39 is 0 Å². The SMILES string of the molecule is CC(=[NH2+])c1ccc(C#N)cc1. The average molecular weight is 145 g/mol. The standard InChI is InChI=1S/C9H8N2/c1-7(11)9-4-2-8(6-10)3-5-9/h2-5,11H,1H3/p+1. The Morgan fingerprint density at radius 1 is 1.36 bits per heavy atom. The molecule has 0 unspecified atom stereocenters. The molecular weight excluding hydrogens is 136 g/mol. The molecule has 0 spiro atoms. The molecule has 2 nitrogen and oxygen atoms in total. The van der Waals surface area contributed by atoms with E-state index in [1.54, 1.807) is 12.1 Å². The van der Waals surface area contributed by atoms with E-state index in [0.717, 1.165) is 11.3 Å². The van der Waals surface area contributed by atoms with Crippen LogP contribution in [0.15, 0.2) is 24.3 Å². The fourth-order valence-corrected chi connectivity index (χ4v) is 0.808. The third-order valence-corrected chi connectivity index (χ3v) is 1.47. The van der Waals surface area contributed by atoms with Gasteiger partial charge in [-0.05, 0) is 24.3 Å². The fourth-order valence-electron chi connectivity index (χ4n) is 0.808. The third kappa shape index (κ3) is 1.65. The summed E-state index contributed by atoms with van der Waals surface area (Å²) in [5.41, 5.74) is 2.41. The van der Waals surface area contributed by atoms with Gasteiger partial charge in [0.25, 0.3) is 0 Å². The lowest BCUT2D eigenvalue weighted by Gasteiger charge is -1.91. The number of nitrogens with two attached hydrogens (primary N) is 1. The van der Waals surface area contributed by atoms with E-state index in [1.807, 2.05) is 25.1 Å². The molecule has 0 saturated heterocycles. The first-order valence-corrected chi connectivity index (χ1v) is 3.33. The lowest BCUT2D eigenvalue weighted by molar-refractivity contribution is -0.113. The topological polar surface area (TPSA) is 49.4 Å². The van der Waals surface area contributed by atoms with Crippen LogP contribution < -0.4 is 5.41 Å². The van der Waals surface area contributed by atoms with Gasteiger partial charge in [-0.1, -0.05) is 0 Å². The molecule has 0 amide bonds. The Balaban J connectivity index is 3.03. The molecule has 0 radical (unpaired) electrons. The summed E-state index contributed by atoms with van der Waals surface area (Å²) in [4.78, 5) is 0. The minimum atomic E-state index is 0.662. The first kappa shape index (κ1) is 7.49. The van der Waals surface area contributed by atoms with Crippen LogP contribution in [0.3, 0.4) is 0 Å². The van der Waals surface area contributed by atoms with Crippen LogP contribution in [0, 0.1) is 11.3 Å². The Kier molecular flexibility index (Phi) is 2.03. The number of nitrogens with zero attached hydrogens (tertiary/aromatic N) is 1. The Bertz CT molecular complexity index is 303. The van der Waals surface area contributed by atoms with Gasteiger partial charge in [-0.25, -0.2) is 0 Å². The van der Waals surface area contributed by atoms with Gasteiger partial charge in [0, 0.05) is 12.5 Å². The quantitative estimate of drug-likeness (QED) is 0.561. The number of benzene rings is 1. The van der Waals surface area contributed by atoms with Crippen LogP contribution in [0.2, 0.25) is 0 Å². The Hall–Kier alpha value is -1.62. The molecule has 1 aromatic rings. The van der Waals surface area contributed by atoms with Gasteiger partial charge in [0.05, 0.1) is 11.6 Å². The smallest absolute Gasteiger partial charge is 0.176 e. The van der Waals surface area contributed by atoms with Crippen molar-refractivity contribution in [1.29, 1.82) is 5.26 Å². The van der Waals surface area contributed by atoms with Crippen molar-refractivity contribution >= 4 is 5.71 Å². The van der Waals surface area contributed by atoms with Crippen molar-refractivity contribution in [3.8, 4) is 6.07 Å². The van der Waals surface area contributed by atoms with Gasteiger partial charge in [-0.2, -0.15) is 5.26 Å². The van der Waals surface area contributed by atoms with Crippen LogP contribution >= 0.6 is 0 Å². The summed E-state index contributed by atoms with van der Waals surface area (Å²) in [5.74, 6) is 0. The zero-order valence-electron chi connectivity index (χ0n) is 6.33. The summed E-state index contributed by atoms with van der Waals surface area (Å²) in [6.45, 7) is 1.83. The molecule has 2 heteroatoms. The first-order valence-electron chi connectivity index (χ1n) is 3.33. The average Bonchev–Trinajstić information content (AvgIpc) is 2.05. The lowest BCUT2D eigenvalue weighted by atomic mass is 10.1. The minimum Gasteiger partial charge on any atom is -0.258 e. The molecule has 0 heterocycles. The summed E-state index contributed by atoms with van der Waals surface area (Å²) >= 11 is 0. The molecule has 1 rings (SSSR count). The van der Waals surface area contributed by atoms with Gasteiger partial charge < -0.3 is 0 Å². The predicted octanol–water partition coefficient (Wildman–Crippen LogP) is 0.126. The zero-order chi connectivity index (χ0) is 8.27. The van der Waals surface area contributed by atoms with Crippen molar-refractivity contribution < 1.29 is 5.41 Å². The van der Waals surface area contributed by atoms with E-state index in [4.69, 9.17) is 10.7 Å². The lowest BCUT2D eigenvalue weighted by Crippen LogP contribution is -2.38. The van der Waals surface area contributed by atoms with Crippen LogP contribution in [0.25, 0.3) is 0 Å². The monoisotopic (exact) mass is 145 g/mol. The zero-order valence-corrected chi connectivity index (χ0v) is 6.33. The van der Waals surface area contributed by atoms with Gasteiger partial charge >= 0.3 is 0 Å². The normalized spacial score (nSPS) is 8.73. The van der Waals surface area contributed by atoms with E-state index in [1.165, 1.54) is 0 Å². The van der Waals surface area contributed by atoms with Gasteiger partial charge in [-0.3, -0.25) is 5.41 Å². The second kappa shape index (κ2) is 2.98. The molecule has 54 valence electrons. The molecule has 0 atom stereocenters. The summed E-state index contributed by atoms with van der Waals surface area (Å²) in [7, 11) is 0. The molecule has 0 aromatic heterocycles. The predicted molar refractivity (Wildman–Crippen MR) is 42.9 cm³/mol. The molecule has 0 saturated carbocycles. The molecule has 1 aromatic carbocycles. The van der Waals surface area contributed by atoms with Gasteiger partial charge in [0.15, 0.2) is 5.71 Å². The molecule has 0 aliphatic carbocycles. The maximum atomic E-state index is 8.48. The number of rotatable bonds is 1. The molecule has 0 fully saturated rings. The van der Waals surface area contributed by atoms with Gasteiger partial charge in [0.2, 0.25) is 0 Å². The highest BCUT2D eigenvalue weighted by atomic mass is 14.4. The summed E-state index contributed by atoms with van der Waals surface area (Å²) in [6, 6.07) is 9.24. The highest BCUT2D eigenvalue weighted by molar-refractivity contribution is 5.93. The highest BCUT2D eigenvalue weighted by Crippen LogP contribution is 2.01. The Morgan fingerprint density at radius 2 is 1.91 bits per heavy atom. The summed E-state index contributed by atoms with van der Waals surface area (Å²) in [5, 5.41) is 14.0. The summed E-state index contributed by atoms with van der Waals surface area (Å²) < 4.78 is 0. The second-order valence-electron chi connectivity index (χ2n) is 2.37. The van der Waals surface area contributed by atoms with Crippen molar-refractivity contribution in [3.63, 3.8) is 0 Å². The molecule has 11 heavy (non-hydrogen) atoms. The largest absolute Gasteiger partial charge is 0.258 e. The highest BCUT2D eigenvalue weighted by Gasteiger charge is 1.98. The van der Waals surface area contributed by atoms with E-state index in [2.05, 4.69) is 0 Å². The fraction of sp³-hybridized carbons (Fsp3) is 0.111. The van der Waals surface area contributed by atoms with Crippen molar-refractivity contribution in [2.75, 3.05) is 0 Å². The van der Waals surface area contributed by atoms with E-state index >= 15 is 0 Å². The van der Waals surface area contributed by atoms with Gasteiger partial charge in [0.1, 0.15) is 0 Å². The van der Waals surface area contributed by atoms with Crippen molar-refractivity contribution in [3.05, 3.63) is 35.4 Å². The summed E-state index contributed by atoms with van der Waals surface area (Å²) in [6.07, 6.45) is 0. The third-order valence-electron chi connectivity index (χ3n) is 1.47. The second-order valence-corrected chi connectivity index (χ2v) is 2.37. The number of nitriles is 1. The number of hydrogen-bond donors (Lipinski definition) is 1. The maximum Gasteiger partial charge on any atom is 0.176 e. The van der Waals surface area contributed by atoms with Crippen molar-refractivity contribution in [2.24, 2.45) is 0 Å². The molecule has 0 aliphatic heterocycles. The number of hydrogen-bond acceptors (Lipinski definition) is 1. The molecular formula is C9H9N2+. The molecule has 0 bridgehead atoms. The minimum absolute atomic E-state index is 0.662. The van der Waals surface area contributed by atoms with Crippen LogP contribution in [-0.2, 0) is 0 Å². The Morgan fingerprint density at radius 3 is 2.27 bits per heavy atom. The first-order chi connectivity index (χ1) is 5.24. The molecule has 2 N–H and O–H groups in total. The van der Waals surface area contributed by atoms with E-state index in [9.17, 15) is 0 Å². The maximum absolute atomic E-state index is 8.48. The van der Waals surface area contributed by atoms with Crippen LogP contribution in [0.4, 0.5) is 0 Å². The molecule has 0 aliphatic rings.